The fourth-order valence-electron chi connectivity index (χ4n) is 7.35. The van der Waals surface area contributed by atoms with Gasteiger partial charge in [0.2, 0.25) is 11.8 Å². The van der Waals surface area contributed by atoms with Crippen LogP contribution in [0, 0.1) is 5.41 Å². The second kappa shape index (κ2) is 9.40. The SMILES string of the molecule is NC(=O)C1(C(=O)N(C(c2cccc3ccccc23)C2(O)CC2)C(c2cccc3ccccc23)C2(O)CC2)CCCC1. The van der Waals surface area contributed by atoms with E-state index in [0.717, 1.165) is 45.5 Å². The number of carbonyl (C=O) groups is 2. The van der Waals surface area contributed by atoms with Gasteiger partial charge in [0.15, 0.2) is 0 Å². The monoisotopic (exact) mass is 548 g/mol. The molecule has 0 bridgehead atoms. The molecule has 7 rings (SSSR count). The van der Waals surface area contributed by atoms with E-state index in [1.165, 1.54) is 0 Å². The zero-order chi connectivity index (χ0) is 28.4. The molecule has 4 N–H and O–H groups in total. The molecule has 6 nitrogen and oxygen atoms in total. The van der Waals surface area contributed by atoms with E-state index in [2.05, 4.69) is 0 Å². The summed E-state index contributed by atoms with van der Waals surface area (Å²) >= 11 is 0. The van der Waals surface area contributed by atoms with Gasteiger partial charge in [-0.2, -0.15) is 0 Å². The van der Waals surface area contributed by atoms with Crippen LogP contribution in [0.4, 0.5) is 0 Å². The predicted molar refractivity (Wildman–Crippen MR) is 159 cm³/mol. The predicted octanol–water partition coefficient (Wildman–Crippen LogP) is 5.70. The molecule has 4 aromatic carbocycles. The molecule has 4 aromatic rings. The van der Waals surface area contributed by atoms with Crippen LogP contribution in [-0.4, -0.2) is 38.1 Å². The number of nitrogens with two attached hydrogens (primary N) is 1. The Kier molecular flexibility index (Phi) is 6.00. The molecule has 3 fully saturated rings. The zero-order valence-corrected chi connectivity index (χ0v) is 23.1. The Morgan fingerprint density at radius 1 is 0.634 bits per heavy atom. The van der Waals surface area contributed by atoms with Gasteiger partial charge in [-0.05, 0) is 71.2 Å². The van der Waals surface area contributed by atoms with Crippen LogP contribution in [0.3, 0.4) is 0 Å². The highest BCUT2D eigenvalue weighted by Gasteiger charge is 2.63. The third-order valence-corrected chi connectivity index (χ3v) is 9.91. The van der Waals surface area contributed by atoms with Crippen molar-refractivity contribution >= 4 is 33.4 Å². The molecule has 0 radical (unpaired) electrons. The van der Waals surface area contributed by atoms with Crippen molar-refractivity contribution in [2.75, 3.05) is 0 Å². The maximum absolute atomic E-state index is 15.2. The lowest BCUT2D eigenvalue weighted by Gasteiger charge is -2.47. The van der Waals surface area contributed by atoms with Gasteiger partial charge in [-0.15, -0.1) is 0 Å². The molecule has 0 aliphatic heterocycles. The molecule has 6 heteroatoms. The number of amides is 2. The summed E-state index contributed by atoms with van der Waals surface area (Å²) in [6.45, 7) is 0. The molecule has 0 heterocycles. The van der Waals surface area contributed by atoms with Gasteiger partial charge in [-0.1, -0.05) is 97.8 Å². The average Bonchev–Trinajstić information content (AvgIpc) is 3.86. The number of primary amides is 1. The van der Waals surface area contributed by atoms with Crippen molar-refractivity contribution < 1.29 is 19.8 Å². The van der Waals surface area contributed by atoms with Crippen LogP contribution in [0.5, 0.6) is 0 Å². The van der Waals surface area contributed by atoms with Crippen molar-refractivity contribution in [2.45, 2.75) is 74.7 Å². The van der Waals surface area contributed by atoms with Crippen molar-refractivity contribution in [1.82, 2.24) is 4.90 Å². The van der Waals surface area contributed by atoms with Crippen LogP contribution in [0.15, 0.2) is 84.9 Å². The second-order valence-corrected chi connectivity index (χ2v) is 12.5. The molecule has 0 spiro atoms. The normalized spacial score (nSPS) is 21.3. The van der Waals surface area contributed by atoms with Crippen LogP contribution in [0.2, 0.25) is 0 Å². The third-order valence-electron chi connectivity index (χ3n) is 9.91. The number of nitrogens with zero attached hydrogens (tertiary/aromatic N) is 1. The van der Waals surface area contributed by atoms with Crippen molar-refractivity contribution in [3.8, 4) is 0 Å². The summed E-state index contributed by atoms with van der Waals surface area (Å²) in [5, 5.41) is 28.1. The van der Waals surface area contributed by atoms with Gasteiger partial charge in [0.05, 0.1) is 23.3 Å². The average molecular weight is 549 g/mol. The maximum Gasteiger partial charge on any atom is 0.239 e. The molecule has 3 aliphatic carbocycles. The first-order chi connectivity index (χ1) is 19.8. The molecule has 3 saturated carbocycles. The summed E-state index contributed by atoms with van der Waals surface area (Å²) in [5.74, 6) is -0.997. The number of aliphatic hydroxyl groups is 2. The van der Waals surface area contributed by atoms with Crippen molar-refractivity contribution in [3.05, 3.63) is 96.1 Å². The third kappa shape index (κ3) is 4.15. The Morgan fingerprint density at radius 3 is 1.46 bits per heavy atom. The topological polar surface area (TPSA) is 104 Å². The minimum atomic E-state index is -1.37. The van der Waals surface area contributed by atoms with E-state index in [-0.39, 0.29) is 5.91 Å². The summed E-state index contributed by atoms with van der Waals surface area (Å²) in [5.41, 5.74) is 3.96. The minimum Gasteiger partial charge on any atom is -0.387 e. The fraction of sp³-hybridized carbons (Fsp3) is 0.371. The molecule has 3 aliphatic rings. The first-order valence-corrected chi connectivity index (χ1v) is 14.8. The fourth-order valence-corrected chi connectivity index (χ4v) is 7.35. The second-order valence-electron chi connectivity index (χ2n) is 12.5. The van der Waals surface area contributed by atoms with E-state index in [1.807, 2.05) is 84.9 Å². The van der Waals surface area contributed by atoms with Crippen molar-refractivity contribution in [2.24, 2.45) is 11.1 Å². The first kappa shape index (κ1) is 26.2. The Bertz CT molecular complexity index is 1550. The molecule has 41 heavy (non-hydrogen) atoms. The molecule has 2 atom stereocenters. The van der Waals surface area contributed by atoms with Crippen LogP contribution < -0.4 is 5.73 Å². The van der Waals surface area contributed by atoms with Gasteiger partial charge in [0, 0.05) is 0 Å². The summed E-state index contributed by atoms with van der Waals surface area (Å²) in [7, 11) is 0. The highest BCUT2D eigenvalue weighted by molar-refractivity contribution is 6.05. The molecule has 0 saturated heterocycles. The number of benzene rings is 4. The summed E-state index contributed by atoms with van der Waals surface area (Å²) in [6.07, 6.45) is 4.30. The van der Waals surface area contributed by atoms with Gasteiger partial charge in [-0.3, -0.25) is 9.59 Å². The van der Waals surface area contributed by atoms with E-state index in [1.54, 1.807) is 4.90 Å². The van der Waals surface area contributed by atoms with Crippen LogP contribution in [0.25, 0.3) is 21.5 Å². The van der Waals surface area contributed by atoms with Gasteiger partial charge in [0.25, 0.3) is 0 Å². The zero-order valence-electron chi connectivity index (χ0n) is 23.1. The maximum atomic E-state index is 15.2. The number of hydrogen-bond acceptors (Lipinski definition) is 4. The van der Waals surface area contributed by atoms with Gasteiger partial charge < -0.3 is 20.8 Å². The summed E-state index contributed by atoms with van der Waals surface area (Å²) in [4.78, 5) is 30.1. The smallest absolute Gasteiger partial charge is 0.239 e. The van der Waals surface area contributed by atoms with E-state index >= 15 is 4.79 Å². The van der Waals surface area contributed by atoms with Crippen LogP contribution in [-0.2, 0) is 9.59 Å². The number of fused-ring (bicyclic) bond motifs is 2. The van der Waals surface area contributed by atoms with E-state index in [0.29, 0.717) is 38.5 Å². The lowest BCUT2D eigenvalue weighted by atomic mass is 9.79. The molecule has 2 unspecified atom stereocenters. The highest BCUT2D eigenvalue weighted by atomic mass is 16.3. The summed E-state index contributed by atoms with van der Waals surface area (Å²) in [6, 6.07) is 26.3. The molecular weight excluding hydrogens is 512 g/mol. The van der Waals surface area contributed by atoms with Gasteiger partial charge in [-0.25, -0.2) is 0 Å². The van der Waals surface area contributed by atoms with Gasteiger partial charge >= 0.3 is 0 Å². The van der Waals surface area contributed by atoms with E-state index in [9.17, 15) is 15.0 Å². The quantitative estimate of drug-likeness (QED) is 0.246. The molecular formula is C35H36N2O4. The number of carbonyl (C=O) groups excluding carboxylic acids is 2. The van der Waals surface area contributed by atoms with Crippen molar-refractivity contribution in [1.29, 1.82) is 0 Å². The molecule has 0 aromatic heterocycles. The minimum absolute atomic E-state index is 0.374. The first-order valence-electron chi connectivity index (χ1n) is 14.8. The number of rotatable bonds is 8. The van der Waals surface area contributed by atoms with Crippen molar-refractivity contribution in [3.63, 3.8) is 0 Å². The molecule has 2 amide bonds. The van der Waals surface area contributed by atoms with E-state index in [4.69, 9.17) is 5.73 Å². The van der Waals surface area contributed by atoms with Crippen LogP contribution >= 0.6 is 0 Å². The van der Waals surface area contributed by atoms with Crippen LogP contribution in [0.1, 0.15) is 74.6 Å². The summed E-state index contributed by atoms with van der Waals surface area (Å²) < 4.78 is 0. The Hall–Kier alpha value is -3.74. The lowest BCUT2D eigenvalue weighted by Crippen LogP contribution is -2.56. The molecule has 210 valence electrons. The highest BCUT2D eigenvalue weighted by Crippen LogP contribution is 2.59. The number of hydrogen-bond donors (Lipinski definition) is 3. The van der Waals surface area contributed by atoms with Gasteiger partial charge in [0.1, 0.15) is 5.41 Å². The Morgan fingerprint density at radius 2 is 1.05 bits per heavy atom. The largest absolute Gasteiger partial charge is 0.387 e. The standard InChI is InChI=1S/C35H36N2O4/c36-31(38)33(17-5-6-18-33)32(39)37(29(34(40)19-20-34)27-15-7-11-23-9-1-3-13-25(23)27)30(35(41)21-22-35)28-16-8-12-24-10-2-4-14-26(24)28/h1-4,7-16,29-30,40-41H,5-6,17-22H2,(H2,36,38). The Balaban J connectivity index is 1.53. The van der Waals surface area contributed by atoms with E-state index < -0.39 is 34.6 Å². The Labute approximate surface area is 239 Å². The lowest BCUT2D eigenvalue weighted by molar-refractivity contribution is -0.161.